The highest BCUT2D eigenvalue weighted by Gasteiger charge is 2.52. The lowest BCUT2D eigenvalue weighted by Gasteiger charge is -2.50. The molecule has 1 unspecified atom stereocenters. The lowest BCUT2D eigenvalue weighted by Crippen LogP contribution is -2.65. The minimum atomic E-state index is -2.91. The first-order chi connectivity index (χ1) is 27.4. The zero-order chi connectivity index (χ0) is 44.6. The Bertz CT molecular complexity index is 1480. The van der Waals surface area contributed by atoms with Gasteiger partial charge in [0.05, 0.1) is 36.9 Å². The Morgan fingerprint density at radius 1 is 1.02 bits per heavy atom. The summed E-state index contributed by atoms with van der Waals surface area (Å²) in [5, 5.41) is 34.6. The fourth-order valence-electron chi connectivity index (χ4n) is 7.56. The molecule has 3 aliphatic rings. The summed E-state index contributed by atoms with van der Waals surface area (Å²) in [7, 11) is 3.38. The first-order valence-corrected chi connectivity index (χ1v) is 19.7. The third-order valence-electron chi connectivity index (χ3n) is 10.8. The van der Waals surface area contributed by atoms with Crippen molar-refractivity contribution in [2.75, 3.05) is 14.1 Å². The number of esters is 3. The third-order valence-corrected chi connectivity index (χ3v) is 10.8. The van der Waals surface area contributed by atoms with E-state index in [1.54, 1.807) is 85.7 Å². The van der Waals surface area contributed by atoms with Crippen molar-refractivity contribution in [1.29, 1.82) is 0 Å². The van der Waals surface area contributed by atoms with E-state index in [1.165, 1.54) is 13.0 Å². The standard InChI is InChI=1S/C41H67NO14/c1-11-31(45)53-30-21-33(47)50-24(4)16-14-13-15-17-29(44)23(3)20-28(18-19-43)37(25(30)5)56-40-36(48)35(42(9)10)38(26(6)52-40)55-34-22-41(8,49)39(27(7)51-34)54-32(46)12-2/h13-15,17,19,23-30,34-40,44,48-49H,11-12,16,18,20-22H2,1-10H3/b14-13+,17-15+/t23-,24-,25+,26-,27-,28+,29+,30-,34+,35-,36-,37-,38-,39-,40?,41-/m1/s1/i18D2,19D. The van der Waals surface area contributed by atoms with Crippen molar-refractivity contribution in [2.24, 2.45) is 17.8 Å². The number of aliphatic hydroxyl groups is 3. The van der Waals surface area contributed by atoms with E-state index < -0.39 is 134 Å². The monoisotopic (exact) mass is 800 g/mol. The van der Waals surface area contributed by atoms with Gasteiger partial charge in [-0.05, 0) is 60.0 Å². The number of aliphatic hydroxyl groups excluding tert-OH is 2. The van der Waals surface area contributed by atoms with E-state index in [-0.39, 0.29) is 25.7 Å². The number of rotatable bonds is 11. The van der Waals surface area contributed by atoms with Gasteiger partial charge in [0.1, 0.15) is 37.6 Å². The second-order valence-corrected chi connectivity index (χ2v) is 15.8. The molecule has 3 rings (SSSR count). The summed E-state index contributed by atoms with van der Waals surface area (Å²) in [4.78, 5) is 52.8. The first kappa shape index (κ1) is 42.8. The van der Waals surface area contributed by atoms with Crippen LogP contribution in [0.4, 0.5) is 0 Å². The molecule has 2 fully saturated rings. The molecule has 2 saturated heterocycles. The molecule has 0 amide bonds. The van der Waals surface area contributed by atoms with Gasteiger partial charge in [0.25, 0.3) is 0 Å². The van der Waals surface area contributed by atoms with Crippen molar-refractivity contribution in [3.63, 3.8) is 0 Å². The van der Waals surface area contributed by atoms with Crippen LogP contribution >= 0.6 is 0 Å². The molecule has 320 valence electrons. The molecule has 0 aromatic rings. The van der Waals surface area contributed by atoms with Crippen molar-refractivity contribution in [2.45, 2.75) is 179 Å². The SMILES string of the molecule is [2H]C(=O)C([2H])([2H])[C@H]1C[C@@H](C)[C@@H](O)/C=C/C=C/C[C@@H](C)OC(=O)C[C@@H](OC(=O)CC)[C@H](C)[C@H]1OC1O[C@H](C)[C@@H](O[C@H]2C[C@@](C)(O)[C@H](OC(=O)CC)[C@@H](C)O2)[C@H](N(C)C)[C@H]1O. The molecule has 3 aliphatic heterocycles. The van der Waals surface area contributed by atoms with Gasteiger partial charge >= 0.3 is 17.9 Å². The Kier molecular flexibility index (Phi) is 16.7. The van der Waals surface area contributed by atoms with Crippen LogP contribution in [0.2, 0.25) is 0 Å². The summed E-state index contributed by atoms with van der Waals surface area (Å²) in [6.45, 7) is 12.9. The summed E-state index contributed by atoms with van der Waals surface area (Å²) < 4.78 is 68.1. The van der Waals surface area contributed by atoms with Gasteiger partial charge in [-0.25, -0.2) is 0 Å². The van der Waals surface area contributed by atoms with E-state index >= 15 is 0 Å². The van der Waals surface area contributed by atoms with Crippen LogP contribution in [0.25, 0.3) is 0 Å². The fraction of sp³-hybridized carbons (Fsp3) is 0.805. The molecule has 0 spiro atoms. The van der Waals surface area contributed by atoms with Gasteiger partial charge in [0.15, 0.2) is 18.7 Å². The topological polar surface area (TPSA) is 197 Å². The van der Waals surface area contributed by atoms with Crippen LogP contribution in [0.1, 0.15) is 104 Å². The maximum atomic E-state index is 13.3. The van der Waals surface area contributed by atoms with E-state index in [1.807, 2.05) is 0 Å². The van der Waals surface area contributed by atoms with Crippen LogP contribution in [0.15, 0.2) is 24.3 Å². The molecule has 0 saturated carbocycles. The van der Waals surface area contributed by atoms with Crippen molar-refractivity contribution < 1.29 is 71.8 Å². The molecular formula is C41H67NO14. The average Bonchev–Trinajstić information content (AvgIpc) is 3.14. The van der Waals surface area contributed by atoms with E-state index in [9.17, 15) is 34.5 Å². The third kappa shape index (κ3) is 13.1. The molecule has 15 heteroatoms. The molecular weight excluding hydrogens is 730 g/mol. The maximum absolute atomic E-state index is 13.3. The van der Waals surface area contributed by atoms with Crippen LogP contribution in [0.3, 0.4) is 0 Å². The Morgan fingerprint density at radius 2 is 1.68 bits per heavy atom. The Hall–Kier alpha value is -2.76. The highest BCUT2D eigenvalue weighted by atomic mass is 16.7. The van der Waals surface area contributed by atoms with Crippen molar-refractivity contribution in [3.05, 3.63) is 24.3 Å². The quantitative estimate of drug-likeness (QED) is 0.156. The fourth-order valence-corrected chi connectivity index (χ4v) is 7.56. The van der Waals surface area contributed by atoms with E-state index in [2.05, 4.69) is 0 Å². The van der Waals surface area contributed by atoms with Gasteiger partial charge in [0.2, 0.25) is 0 Å². The van der Waals surface area contributed by atoms with Crippen molar-refractivity contribution in [3.8, 4) is 0 Å². The second-order valence-electron chi connectivity index (χ2n) is 15.8. The number of carbonyl (C=O) groups is 4. The summed E-state index contributed by atoms with van der Waals surface area (Å²) in [6, 6.07) is -0.887. The number of nitrogens with zero attached hydrogens (tertiary/aromatic N) is 1. The average molecular weight is 801 g/mol. The maximum Gasteiger partial charge on any atom is 0.309 e. The molecule has 0 aromatic heterocycles. The minimum absolute atomic E-state index is 0.0622. The van der Waals surface area contributed by atoms with E-state index in [4.69, 9.17) is 37.3 Å². The van der Waals surface area contributed by atoms with Crippen LogP contribution in [-0.4, -0.2) is 138 Å². The minimum Gasteiger partial charge on any atom is -0.462 e. The molecule has 0 bridgehead atoms. The lowest BCUT2D eigenvalue weighted by atomic mass is 9.79. The molecule has 56 heavy (non-hydrogen) atoms. The highest BCUT2D eigenvalue weighted by molar-refractivity contribution is 5.72. The van der Waals surface area contributed by atoms with Gasteiger partial charge in [-0.15, -0.1) is 0 Å². The normalized spacial score (nSPS) is 42.6. The number of aldehydes is 1. The summed E-state index contributed by atoms with van der Waals surface area (Å²) >= 11 is 0. The smallest absolute Gasteiger partial charge is 0.309 e. The predicted molar refractivity (Wildman–Crippen MR) is 204 cm³/mol. The largest absolute Gasteiger partial charge is 0.462 e. The molecule has 3 heterocycles. The van der Waals surface area contributed by atoms with Crippen molar-refractivity contribution in [1.82, 2.24) is 4.90 Å². The van der Waals surface area contributed by atoms with Gasteiger partial charge in [-0.1, -0.05) is 52.0 Å². The molecule has 0 aromatic carbocycles. The molecule has 15 nitrogen and oxygen atoms in total. The number of ether oxygens (including phenoxy) is 7. The van der Waals surface area contributed by atoms with Crippen LogP contribution in [-0.2, 0) is 52.3 Å². The number of cyclic esters (lactones) is 1. The van der Waals surface area contributed by atoms with Crippen LogP contribution in [0.5, 0.6) is 0 Å². The highest BCUT2D eigenvalue weighted by Crippen LogP contribution is 2.38. The van der Waals surface area contributed by atoms with Gasteiger partial charge in [-0.2, -0.15) is 0 Å². The van der Waals surface area contributed by atoms with E-state index in [0.29, 0.717) is 6.42 Å². The molecule has 16 atom stereocenters. The number of likely N-dealkylation sites (N-methyl/N-ethyl adjacent to an activating group) is 1. The molecule has 0 radical (unpaired) electrons. The first-order valence-electron chi connectivity index (χ1n) is 21.2. The summed E-state index contributed by atoms with van der Waals surface area (Å²) in [6.07, 6.45) is -10.4. The Balaban J connectivity index is 2.08. The Morgan fingerprint density at radius 3 is 2.29 bits per heavy atom. The molecule has 3 N–H and O–H groups in total. The zero-order valence-corrected chi connectivity index (χ0v) is 34.5. The van der Waals surface area contributed by atoms with E-state index in [0.717, 1.165) is 0 Å². The Labute approximate surface area is 336 Å². The summed E-state index contributed by atoms with van der Waals surface area (Å²) in [5.41, 5.74) is -1.53. The van der Waals surface area contributed by atoms with Gasteiger partial charge in [-0.3, -0.25) is 14.4 Å². The molecule has 0 aliphatic carbocycles. The zero-order valence-electron chi connectivity index (χ0n) is 37.5. The number of allylic oxidation sites excluding steroid dienone is 2. The van der Waals surface area contributed by atoms with Crippen LogP contribution in [0, 0.1) is 17.8 Å². The predicted octanol–water partition coefficient (Wildman–Crippen LogP) is 3.39. The van der Waals surface area contributed by atoms with Gasteiger partial charge < -0.3 is 58.2 Å². The lowest BCUT2D eigenvalue weighted by molar-refractivity contribution is -0.342. The van der Waals surface area contributed by atoms with Gasteiger partial charge in [0, 0.05) is 40.7 Å². The van der Waals surface area contributed by atoms with Crippen molar-refractivity contribution >= 4 is 24.2 Å². The summed E-state index contributed by atoms with van der Waals surface area (Å²) in [5.74, 6) is -5.21. The number of hydrogen-bond acceptors (Lipinski definition) is 15. The second kappa shape index (κ2) is 21.8. The number of carbonyl (C=O) groups excluding carboxylic acids is 4. The number of hydrogen-bond donors (Lipinski definition) is 3. The van der Waals surface area contributed by atoms with Crippen LogP contribution < -0.4 is 0 Å².